The Balaban J connectivity index is 0. The highest BCUT2D eigenvalue weighted by Gasteiger charge is 2.09. The van der Waals surface area contributed by atoms with Crippen molar-refractivity contribution < 1.29 is 9.53 Å². The molecule has 0 fully saturated rings. The largest absolute Gasteiger partial charge is 0.462 e. The fourth-order valence-electron chi connectivity index (χ4n) is 0.711. The van der Waals surface area contributed by atoms with Gasteiger partial charge in [0.15, 0.2) is 0 Å². The van der Waals surface area contributed by atoms with Gasteiger partial charge in [-0.15, -0.1) is 0 Å². The van der Waals surface area contributed by atoms with Gasteiger partial charge >= 0.3 is 5.97 Å². The first-order valence-electron chi connectivity index (χ1n) is 4.79. The lowest BCUT2D eigenvalue weighted by Crippen LogP contribution is -2.07. The van der Waals surface area contributed by atoms with Gasteiger partial charge in [0.2, 0.25) is 0 Å². The summed E-state index contributed by atoms with van der Waals surface area (Å²) in [5, 5.41) is 0. The molecule has 14 heavy (non-hydrogen) atoms. The topological polar surface area (TPSA) is 26.3 Å². The molecule has 0 rings (SSSR count). The van der Waals surface area contributed by atoms with Crippen LogP contribution in [0.2, 0.25) is 0 Å². The Kier molecular flexibility index (Phi) is 10.6. The minimum absolute atomic E-state index is 0.343. The molecule has 0 saturated carbocycles. The van der Waals surface area contributed by atoms with Crippen molar-refractivity contribution in [2.45, 2.75) is 27.7 Å². The molecule has 2 heteroatoms. The quantitative estimate of drug-likeness (QED) is 0.392. The summed E-state index contributed by atoms with van der Waals surface area (Å²) in [4.78, 5) is 11.2. The maximum Gasteiger partial charge on any atom is 0.338 e. The number of hydrogen-bond donors (Lipinski definition) is 0. The van der Waals surface area contributed by atoms with Crippen molar-refractivity contribution in [3.05, 3.63) is 36.5 Å². The second kappa shape index (κ2) is 9.78. The minimum atomic E-state index is -0.343. The van der Waals surface area contributed by atoms with Gasteiger partial charge in [-0.2, -0.15) is 0 Å². The van der Waals surface area contributed by atoms with E-state index in [-0.39, 0.29) is 5.97 Å². The molecule has 0 bridgehead atoms. The zero-order valence-corrected chi connectivity index (χ0v) is 9.59. The van der Waals surface area contributed by atoms with Gasteiger partial charge < -0.3 is 4.74 Å². The number of carbonyl (C=O) groups excluding carboxylic acids is 1. The molecule has 2 nitrogen and oxygen atoms in total. The molecule has 0 amide bonds. The Morgan fingerprint density at radius 3 is 2.21 bits per heavy atom. The van der Waals surface area contributed by atoms with Crippen molar-refractivity contribution in [3.63, 3.8) is 0 Å². The average molecular weight is 196 g/mol. The van der Waals surface area contributed by atoms with E-state index in [9.17, 15) is 4.79 Å². The first-order chi connectivity index (χ1) is 6.63. The van der Waals surface area contributed by atoms with Crippen LogP contribution >= 0.6 is 0 Å². The zero-order valence-electron chi connectivity index (χ0n) is 9.59. The van der Waals surface area contributed by atoms with Crippen molar-refractivity contribution in [1.29, 1.82) is 0 Å². The first kappa shape index (κ1) is 15.2. The van der Waals surface area contributed by atoms with Crippen LogP contribution in [0.25, 0.3) is 0 Å². The summed E-state index contributed by atoms with van der Waals surface area (Å²) in [6.45, 7) is 15.1. The fourth-order valence-corrected chi connectivity index (χ4v) is 0.711. The van der Waals surface area contributed by atoms with Crippen molar-refractivity contribution in [2.24, 2.45) is 0 Å². The second-order valence-electron chi connectivity index (χ2n) is 2.32. The molecule has 0 heterocycles. The standard InChI is InChI=1S/C10H14O2.C2H6/c1-5-7-9(8(3)4)10(11)12-6-2;1-2/h5,7H,1,3,6H2,2,4H3;1-2H3/b9-7+;. The molecule has 0 radical (unpaired) electrons. The smallest absolute Gasteiger partial charge is 0.338 e. The minimum Gasteiger partial charge on any atom is -0.462 e. The molecule has 0 N–H and O–H groups in total. The Bertz CT molecular complexity index is 224. The molecule has 0 unspecified atom stereocenters. The number of ether oxygens (including phenoxy) is 1. The van der Waals surface area contributed by atoms with Crippen LogP contribution in [0.4, 0.5) is 0 Å². The fraction of sp³-hybridized carbons (Fsp3) is 0.417. The van der Waals surface area contributed by atoms with E-state index in [1.807, 2.05) is 13.8 Å². The van der Waals surface area contributed by atoms with Gasteiger partial charge in [-0.25, -0.2) is 4.79 Å². The highest BCUT2D eigenvalue weighted by molar-refractivity contribution is 5.93. The summed E-state index contributed by atoms with van der Waals surface area (Å²) < 4.78 is 4.80. The molecule has 0 spiro atoms. The van der Waals surface area contributed by atoms with Crippen molar-refractivity contribution in [1.82, 2.24) is 0 Å². The van der Waals surface area contributed by atoms with Crippen LogP contribution in [-0.2, 0) is 9.53 Å². The Labute approximate surface area is 87.0 Å². The van der Waals surface area contributed by atoms with Crippen LogP contribution in [0.5, 0.6) is 0 Å². The first-order valence-corrected chi connectivity index (χ1v) is 4.79. The van der Waals surface area contributed by atoms with E-state index in [0.29, 0.717) is 17.8 Å². The normalized spacial score (nSPS) is 9.57. The van der Waals surface area contributed by atoms with E-state index in [1.165, 1.54) is 0 Å². The monoisotopic (exact) mass is 196 g/mol. The predicted molar refractivity (Wildman–Crippen MR) is 61.1 cm³/mol. The van der Waals surface area contributed by atoms with Gasteiger partial charge in [-0.05, 0) is 25.5 Å². The molecule has 0 aliphatic carbocycles. The SMILES string of the molecule is C=C/C=C(\C(=C)C)C(=O)OCC.CC. The third kappa shape index (κ3) is 6.23. The molecule has 0 saturated heterocycles. The summed E-state index contributed by atoms with van der Waals surface area (Å²) in [7, 11) is 0. The molecule has 0 atom stereocenters. The zero-order chi connectivity index (χ0) is 11.6. The van der Waals surface area contributed by atoms with Crippen molar-refractivity contribution in [3.8, 4) is 0 Å². The lowest BCUT2D eigenvalue weighted by atomic mass is 10.1. The third-order valence-electron chi connectivity index (χ3n) is 1.24. The van der Waals surface area contributed by atoms with Crippen LogP contribution < -0.4 is 0 Å². The molecule has 0 aliphatic heterocycles. The van der Waals surface area contributed by atoms with E-state index >= 15 is 0 Å². The summed E-state index contributed by atoms with van der Waals surface area (Å²) >= 11 is 0. The Hall–Kier alpha value is -1.31. The van der Waals surface area contributed by atoms with Crippen LogP contribution in [0.1, 0.15) is 27.7 Å². The number of hydrogen-bond acceptors (Lipinski definition) is 2. The number of rotatable bonds is 4. The predicted octanol–water partition coefficient (Wildman–Crippen LogP) is 3.26. The van der Waals surface area contributed by atoms with Crippen LogP contribution in [0.15, 0.2) is 36.5 Å². The maximum atomic E-state index is 11.2. The van der Waals surface area contributed by atoms with Crippen LogP contribution in [0.3, 0.4) is 0 Å². The summed E-state index contributed by atoms with van der Waals surface area (Å²) in [5.74, 6) is -0.343. The van der Waals surface area contributed by atoms with Gasteiger partial charge in [0, 0.05) is 0 Å². The van der Waals surface area contributed by atoms with Gasteiger partial charge in [-0.1, -0.05) is 33.1 Å². The van der Waals surface area contributed by atoms with Crippen LogP contribution in [-0.4, -0.2) is 12.6 Å². The van der Waals surface area contributed by atoms with E-state index in [2.05, 4.69) is 13.2 Å². The molecular formula is C12H20O2. The number of carbonyl (C=O) groups is 1. The summed E-state index contributed by atoms with van der Waals surface area (Å²) in [6, 6.07) is 0. The van der Waals surface area contributed by atoms with E-state index in [0.717, 1.165) is 0 Å². The molecule has 0 aromatic heterocycles. The van der Waals surface area contributed by atoms with Gasteiger partial charge in [0.1, 0.15) is 0 Å². The van der Waals surface area contributed by atoms with Gasteiger partial charge in [-0.3, -0.25) is 0 Å². The second-order valence-corrected chi connectivity index (χ2v) is 2.32. The highest BCUT2D eigenvalue weighted by Crippen LogP contribution is 2.08. The maximum absolute atomic E-state index is 11.2. The van der Waals surface area contributed by atoms with Gasteiger partial charge in [0.25, 0.3) is 0 Å². The molecule has 80 valence electrons. The Morgan fingerprint density at radius 1 is 1.43 bits per heavy atom. The van der Waals surface area contributed by atoms with Crippen LogP contribution in [0, 0.1) is 0 Å². The van der Waals surface area contributed by atoms with Crippen molar-refractivity contribution in [2.75, 3.05) is 6.61 Å². The average Bonchev–Trinajstić information content (AvgIpc) is 2.17. The molecule has 0 aromatic carbocycles. The lowest BCUT2D eigenvalue weighted by Gasteiger charge is -2.04. The van der Waals surface area contributed by atoms with E-state index in [4.69, 9.17) is 4.74 Å². The summed E-state index contributed by atoms with van der Waals surface area (Å²) in [6.07, 6.45) is 3.14. The van der Waals surface area contributed by atoms with Crippen molar-refractivity contribution >= 4 is 5.97 Å². The summed E-state index contributed by atoms with van der Waals surface area (Å²) in [5.41, 5.74) is 1.17. The Morgan fingerprint density at radius 2 is 1.93 bits per heavy atom. The van der Waals surface area contributed by atoms with E-state index < -0.39 is 0 Å². The molecular weight excluding hydrogens is 176 g/mol. The number of esters is 1. The molecule has 0 aromatic rings. The number of allylic oxidation sites excluding steroid dienone is 2. The van der Waals surface area contributed by atoms with E-state index in [1.54, 1.807) is 26.0 Å². The van der Waals surface area contributed by atoms with Gasteiger partial charge in [0.05, 0.1) is 12.2 Å². The molecule has 0 aliphatic rings. The third-order valence-corrected chi connectivity index (χ3v) is 1.24. The lowest BCUT2D eigenvalue weighted by molar-refractivity contribution is -0.138. The highest BCUT2D eigenvalue weighted by atomic mass is 16.5.